The minimum Gasteiger partial charge on any atom is -0.443 e. The highest BCUT2D eigenvalue weighted by molar-refractivity contribution is 6.30. The topological polar surface area (TPSA) is 110 Å². The molecule has 0 bridgehead atoms. The number of benzene rings is 1. The maximum Gasteiger partial charge on any atom is 0.319 e. The Morgan fingerprint density at radius 2 is 2.06 bits per heavy atom. The van der Waals surface area contributed by atoms with Crippen LogP contribution >= 0.6 is 11.6 Å². The molecular formula is C23H27ClN4O4. The number of hydrogen-bond donors (Lipinski definition) is 3. The summed E-state index contributed by atoms with van der Waals surface area (Å²) in [5.41, 5.74) is 2.41. The molecule has 3 N–H and O–H groups in total. The highest BCUT2D eigenvalue weighted by atomic mass is 35.5. The van der Waals surface area contributed by atoms with E-state index in [1.54, 1.807) is 24.4 Å². The molecule has 0 atom stereocenters. The maximum atomic E-state index is 12.4. The molecule has 3 rings (SSSR count). The minimum atomic E-state index is -0.401. The van der Waals surface area contributed by atoms with E-state index in [4.69, 9.17) is 25.9 Å². The molecule has 2 aromatic heterocycles. The van der Waals surface area contributed by atoms with Crippen molar-refractivity contribution in [3.63, 3.8) is 0 Å². The monoisotopic (exact) mass is 458 g/mol. The summed E-state index contributed by atoms with van der Waals surface area (Å²) in [6, 6.07) is 10.4. The zero-order chi connectivity index (χ0) is 23.1. The molecule has 3 aromatic rings. The highest BCUT2D eigenvalue weighted by Crippen LogP contribution is 2.31. The van der Waals surface area contributed by atoms with Gasteiger partial charge < -0.3 is 24.9 Å². The van der Waals surface area contributed by atoms with Crippen LogP contribution in [0.25, 0.3) is 11.3 Å². The summed E-state index contributed by atoms with van der Waals surface area (Å²) in [7, 11) is 0. The van der Waals surface area contributed by atoms with Gasteiger partial charge in [-0.25, -0.2) is 9.78 Å². The van der Waals surface area contributed by atoms with Gasteiger partial charge in [-0.3, -0.25) is 4.98 Å². The summed E-state index contributed by atoms with van der Waals surface area (Å²) in [5, 5.41) is 14.9. The molecular weight excluding hydrogens is 432 g/mol. The van der Waals surface area contributed by atoms with Crippen LogP contribution in [-0.2, 0) is 23.3 Å². The van der Waals surface area contributed by atoms with Gasteiger partial charge in [0.25, 0.3) is 0 Å². The molecule has 9 heteroatoms. The fourth-order valence-corrected chi connectivity index (χ4v) is 3.00. The Hall–Kier alpha value is -2.94. The summed E-state index contributed by atoms with van der Waals surface area (Å²) in [4.78, 5) is 21.3. The van der Waals surface area contributed by atoms with E-state index >= 15 is 0 Å². The molecule has 0 fully saturated rings. The van der Waals surface area contributed by atoms with E-state index < -0.39 is 6.03 Å². The van der Waals surface area contributed by atoms with Gasteiger partial charge in [-0.1, -0.05) is 44.5 Å². The summed E-state index contributed by atoms with van der Waals surface area (Å²) in [6.45, 7) is 6.68. The molecule has 0 aliphatic heterocycles. The third kappa shape index (κ3) is 6.53. The van der Waals surface area contributed by atoms with Crippen LogP contribution < -0.4 is 10.6 Å². The van der Waals surface area contributed by atoms with Crippen LogP contribution in [-0.4, -0.2) is 34.3 Å². The van der Waals surface area contributed by atoms with Gasteiger partial charge in [-0.2, -0.15) is 0 Å². The Labute approximate surface area is 192 Å². The first kappa shape index (κ1) is 23.7. The lowest BCUT2D eigenvalue weighted by atomic mass is 9.97. The van der Waals surface area contributed by atoms with Gasteiger partial charge in [-0.05, 0) is 24.3 Å². The molecule has 0 spiro atoms. The first-order valence-electron chi connectivity index (χ1n) is 10.2. The fourth-order valence-electron chi connectivity index (χ4n) is 2.81. The van der Waals surface area contributed by atoms with Gasteiger partial charge >= 0.3 is 6.03 Å². The number of halogens is 1. The lowest BCUT2D eigenvalue weighted by Gasteiger charge is -2.12. The van der Waals surface area contributed by atoms with Crippen molar-refractivity contribution in [3.05, 3.63) is 65.0 Å². The zero-order valence-electron chi connectivity index (χ0n) is 18.3. The molecule has 2 amide bonds. The quantitative estimate of drug-likeness (QED) is 0.428. The first-order chi connectivity index (χ1) is 15.3. The van der Waals surface area contributed by atoms with Crippen LogP contribution in [0.5, 0.6) is 0 Å². The van der Waals surface area contributed by atoms with Gasteiger partial charge in [0.1, 0.15) is 5.69 Å². The number of urea groups is 1. The summed E-state index contributed by atoms with van der Waals surface area (Å²) < 4.78 is 11.2. The van der Waals surface area contributed by atoms with Crippen molar-refractivity contribution in [2.45, 2.75) is 39.3 Å². The van der Waals surface area contributed by atoms with E-state index in [1.807, 2.05) is 39.0 Å². The molecule has 170 valence electrons. The van der Waals surface area contributed by atoms with Crippen molar-refractivity contribution in [3.8, 4) is 11.3 Å². The van der Waals surface area contributed by atoms with Crippen molar-refractivity contribution < 1.29 is 19.1 Å². The normalized spacial score (nSPS) is 11.4. The molecule has 0 radical (unpaired) electrons. The molecule has 0 aliphatic rings. The fraction of sp³-hybridized carbons (Fsp3) is 0.348. The number of anilines is 1. The van der Waals surface area contributed by atoms with Gasteiger partial charge in [0.15, 0.2) is 11.7 Å². The average molecular weight is 459 g/mol. The average Bonchev–Trinajstić information content (AvgIpc) is 3.19. The van der Waals surface area contributed by atoms with Crippen LogP contribution in [0, 0.1) is 0 Å². The predicted octanol–water partition coefficient (Wildman–Crippen LogP) is 4.52. The van der Waals surface area contributed by atoms with E-state index in [1.165, 1.54) is 0 Å². The maximum absolute atomic E-state index is 12.4. The number of carbonyl (C=O) groups is 1. The van der Waals surface area contributed by atoms with Crippen LogP contribution in [0.15, 0.2) is 47.0 Å². The van der Waals surface area contributed by atoms with Crippen molar-refractivity contribution in [1.82, 2.24) is 15.3 Å². The standard InChI is InChI=1S/C23H27ClN4O4/c1-23(2,3)21-28-20(15-5-4-6-16(24)11-15)19(32-21)13-26-22(30)27-17-7-8-18(25-12-17)14-31-10-9-29/h4-8,11-12,29H,9-10,13-14H2,1-3H3,(H2,26,27,30). The number of nitrogens with one attached hydrogen (secondary N) is 2. The van der Waals surface area contributed by atoms with E-state index in [-0.39, 0.29) is 25.2 Å². The SMILES string of the molecule is CC(C)(C)c1nc(-c2cccc(Cl)c2)c(CNC(=O)Nc2ccc(COCCO)nc2)o1. The number of carbonyl (C=O) groups excluding carboxylic acids is 1. The zero-order valence-corrected chi connectivity index (χ0v) is 19.1. The molecule has 32 heavy (non-hydrogen) atoms. The van der Waals surface area contributed by atoms with Crippen LogP contribution in [0.4, 0.5) is 10.5 Å². The lowest BCUT2D eigenvalue weighted by molar-refractivity contribution is 0.0797. The molecule has 0 saturated carbocycles. The Bertz CT molecular complexity index is 1040. The first-order valence-corrected chi connectivity index (χ1v) is 10.6. The third-order valence-corrected chi connectivity index (χ3v) is 4.65. The Balaban J connectivity index is 1.66. The number of aliphatic hydroxyl groups excluding tert-OH is 1. The van der Waals surface area contributed by atoms with Gasteiger partial charge in [-0.15, -0.1) is 0 Å². The molecule has 1 aromatic carbocycles. The number of aliphatic hydroxyl groups is 1. The molecule has 2 heterocycles. The second-order valence-electron chi connectivity index (χ2n) is 8.17. The Kier molecular flexibility index (Phi) is 7.84. The largest absolute Gasteiger partial charge is 0.443 e. The lowest BCUT2D eigenvalue weighted by Crippen LogP contribution is -2.28. The molecule has 0 aliphatic carbocycles. The van der Waals surface area contributed by atoms with Crippen LogP contribution in [0.3, 0.4) is 0 Å². The Morgan fingerprint density at radius 3 is 2.72 bits per heavy atom. The second kappa shape index (κ2) is 10.6. The summed E-state index contributed by atoms with van der Waals surface area (Å²) in [6.07, 6.45) is 1.54. The van der Waals surface area contributed by atoms with Gasteiger partial charge in [0.05, 0.1) is 43.9 Å². The van der Waals surface area contributed by atoms with Gasteiger partial charge in [0, 0.05) is 16.0 Å². The van der Waals surface area contributed by atoms with Crippen molar-refractivity contribution in [2.24, 2.45) is 0 Å². The second-order valence-corrected chi connectivity index (χ2v) is 8.61. The smallest absolute Gasteiger partial charge is 0.319 e. The summed E-state index contributed by atoms with van der Waals surface area (Å²) in [5.74, 6) is 1.12. The van der Waals surface area contributed by atoms with Crippen LogP contribution in [0.2, 0.25) is 5.02 Å². The highest BCUT2D eigenvalue weighted by Gasteiger charge is 2.24. The minimum absolute atomic E-state index is 0.0404. The predicted molar refractivity (Wildman–Crippen MR) is 122 cm³/mol. The number of amides is 2. The number of hydrogen-bond acceptors (Lipinski definition) is 6. The number of aromatic nitrogens is 2. The van der Waals surface area contributed by atoms with Gasteiger partial charge in [0.2, 0.25) is 0 Å². The van der Waals surface area contributed by atoms with E-state index in [0.717, 1.165) is 5.56 Å². The summed E-state index contributed by atoms with van der Waals surface area (Å²) >= 11 is 6.15. The van der Waals surface area contributed by atoms with Crippen molar-refractivity contribution in [2.75, 3.05) is 18.5 Å². The number of rotatable bonds is 8. The number of pyridine rings is 1. The van der Waals surface area contributed by atoms with E-state index in [0.29, 0.717) is 40.4 Å². The number of ether oxygens (including phenoxy) is 1. The molecule has 0 saturated heterocycles. The molecule has 8 nitrogen and oxygen atoms in total. The van der Waals surface area contributed by atoms with E-state index in [9.17, 15) is 4.79 Å². The third-order valence-electron chi connectivity index (χ3n) is 4.41. The van der Waals surface area contributed by atoms with Crippen molar-refractivity contribution in [1.29, 1.82) is 0 Å². The van der Waals surface area contributed by atoms with Crippen LogP contribution in [0.1, 0.15) is 38.1 Å². The van der Waals surface area contributed by atoms with Crippen molar-refractivity contribution >= 4 is 23.3 Å². The van der Waals surface area contributed by atoms with E-state index in [2.05, 4.69) is 20.6 Å². The number of oxazole rings is 1. The molecule has 0 unspecified atom stereocenters. The number of nitrogens with zero attached hydrogens (tertiary/aromatic N) is 2. The Morgan fingerprint density at radius 1 is 1.25 bits per heavy atom.